The van der Waals surface area contributed by atoms with Gasteiger partial charge in [-0.15, -0.1) is 0 Å². The molecule has 1 N–H and O–H groups in total. The zero-order valence-corrected chi connectivity index (χ0v) is 14.2. The maximum Gasteiger partial charge on any atom is 0.253 e. The highest BCUT2D eigenvalue weighted by Gasteiger charge is 2.18. The van der Waals surface area contributed by atoms with Crippen molar-refractivity contribution in [3.05, 3.63) is 42.2 Å². The normalized spacial score (nSPS) is 14.2. The molecule has 0 radical (unpaired) electrons. The number of imidazole rings is 1. The van der Waals surface area contributed by atoms with Crippen LogP contribution in [0.5, 0.6) is 0 Å². The minimum Gasteiger partial charge on any atom is -0.371 e. The predicted octanol–water partition coefficient (Wildman–Crippen LogP) is 2.54. The molecule has 23 heavy (non-hydrogen) atoms. The molecule has 1 saturated heterocycles. The number of rotatable bonds is 6. The third-order valence-electron chi connectivity index (χ3n) is 3.99. The number of amides is 1. The average molecular weight is 330 g/mol. The predicted molar refractivity (Wildman–Crippen MR) is 94.2 cm³/mol. The van der Waals surface area contributed by atoms with E-state index in [1.165, 1.54) is 12.8 Å². The van der Waals surface area contributed by atoms with Gasteiger partial charge in [0.1, 0.15) is 0 Å². The summed E-state index contributed by atoms with van der Waals surface area (Å²) in [5.41, 5.74) is 1.83. The molecule has 3 rings (SSSR count). The molecule has 1 aliphatic heterocycles. The van der Waals surface area contributed by atoms with Crippen molar-refractivity contribution in [2.75, 3.05) is 30.3 Å². The molecule has 6 heteroatoms. The van der Waals surface area contributed by atoms with E-state index >= 15 is 0 Å². The van der Waals surface area contributed by atoms with Crippen LogP contribution in [-0.4, -0.2) is 40.8 Å². The molecule has 1 aliphatic rings. The van der Waals surface area contributed by atoms with Crippen molar-refractivity contribution in [2.45, 2.75) is 18.0 Å². The van der Waals surface area contributed by atoms with Gasteiger partial charge in [-0.25, -0.2) is 4.98 Å². The molecule has 5 nitrogen and oxygen atoms in total. The van der Waals surface area contributed by atoms with Crippen molar-refractivity contribution in [3.8, 4) is 0 Å². The maximum atomic E-state index is 12.5. The van der Waals surface area contributed by atoms with Crippen LogP contribution < -0.4 is 10.2 Å². The van der Waals surface area contributed by atoms with Crippen molar-refractivity contribution < 1.29 is 4.79 Å². The number of aryl methyl sites for hydroxylation is 1. The van der Waals surface area contributed by atoms with Crippen LogP contribution in [0.1, 0.15) is 23.2 Å². The third-order valence-corrected chi connectivity index (χ3v) is 5.05. The number of thioether (sulfide) groups is 1. The molecule has 1 amide bonds. The van der Waals surface area contributed by atoms with Crippen LogP contribution in [0.15, 0.2) is 41.8 Å². The SMILES string of the molecule is Cn1ccnc1SCCNC(=O)c1ccccc1N1CCCC1. The Bertz CT molecular complexity index is 664. The summed E-state index contributed by atoms with van der Waals surface area (Å²) in [6.07, 6.45) is 6.12. The zero-order valence-electron chi connectivity index (χ0n) is 13.4. The van der Waals surface area contributed by atoms with Gasteiger partial charge in [-0.05, 0) is 25.0 Å². The molecule has 1 fully saturated rings. The lowest BCUT2D eigenvalue weighted by molar-refractivity contribution is 0.0956. The monoisotopic (exact) mass is 330 g/mol. The van der Waals surface area contributed by atoms with E-state index in [2.05, 4.69) is 15.2 Å². The van der Waals surface area contributed by atoms with E-state index in [0.29, 0.717) is 6.54 Å². The minimum absolute atomic E-state index is 0.00735. The summed E-state index contributed by atoms with van der Waals surface area (Å²) in [5.74, 6) is 0.815. The van der Waals surface area contributed by atoms with E-state index in [-0.39, 0.29) is 5.91 Å². The van der Waals surface area contributed by atoms with Crippen molar-refractivity contribution >= 4 is 23.4 Å². The Balaban J connectivity index is 1.55. The quantitative estimate of drug-likeness (QED) is 0.653. The zero-order chi connectivity index (χ0) is 16.1. The van der Waals surface area contributed by atoms with Gasteiger partial charge in [0.15, 0.2) is 5.16 Å². The van der Waals surface area contributed by atoms with Gasteiger partial charge in [-0.3, -0.25) is 4.79 Å². The molecule has 2 aromatic rings. The first-order valence-corrected chi connectivity index (χ1v) is 8.96. The molecule has 2 heterocycles. The summed E-state index contributed by atoms with van der Waals surface area (Å²) in [7, 11) is 1.97. The van der Waals surface area contributed by atoms with Gasteiger partial charge in [0, 0.05) is 50.5 Å². The Morgan fingerprint density at radius 1 is 1.30 bits per heavy atom. The van der Waals surface area contributed by atoms with E-state index in [1.54, 1.807) is 18.0 Å². The summed E-state index contributed by atoms with van der Waals surface area (Å²) in [6.45, 7) is 2.71. The van der Waals surface area contributed by atoms with Crippen LogP contribution in [0.3, 0.4) is 0 Å². The maximum absolute atomic E-state index is 12.5. The summed E-state index contributed by atoms with van der Waals surface area (Å²) < 4.78 is 1.98. The molecule has 122 valence electrons. The molecule has 1 aromatic heterocycles. The Labute approximate surface area is 141 Å². The van der Waals surface area contributed by atoms with Crippen molar-refractivity contribution in [3.63, 3.8) is 0 Å². The lowest BCUT2D eigenvalue weighted by atomic mass is 10.1. The molecule has 0 atom stereocenters. The number of hydrogen-bond donors (Lipinski definition) is 1. The van der Waals surface area contributed by atoms with Gasteiger partial charge >= 0.3 is 0 Å². The van der Waals surface area contributed by atoms with Crippen LogP contribution in [-0.2, 0) is 7.05 Å². The highest BCUT2D eigenvalue weighted by Crippen LogP contribution is 2.24. The fraction of sp³-hybridized carbons (Fsp3) is 0.412. The van der Waals surface area contributed by atoms with Gasteiger partial charge in [-0.1, -0.05) is 23.9 Å². The van der Waals surface area contributed by atoms with Gasteiger partial charge in [0.2, 0.25) is 0 Å². The Kier molecular flexibility index (Phi) is 5.23. The first-order valence-electron chi connectivity index (χ1n) is 7.98. The highest BCUT2D eigenvalue weighted by molar-refractivity contribution is 7.99. The first kappa shape index (κ1) is 15.9. The lowest BCUT2D eigenvalue weighted by Gasteiger charge is -2.20. The van der Waals surface area contributed by atoms with Crippen LogP contribution in [0.25, 0.3) is 0 Å². The number of carbonyl (C=O) groups excluding carboxylic acids is 1. The average Bonchev–Trinajstić information content (AvgIpc) is 3.23. The number of aromatic nitrogens is 2. The fourth-order valence-electron chi connectivity index (χ4n) is 2.79. The van der Waals surface area contributed by atoms with Gasteiger partial charge in [0.05, 0.1) is 5.56 Å². The molecule has 0 saturated carbocycles. The van der Waals surface area contributed by atoms with E-state index < -0.39 is 0 Å². The van der Waals surface area contributed by atoms with Crippen molar-refractivity contribution in [1.29, 1.82) is 0 Å². The number of hydrogen-bond acceptors (Lipinski definition) is 4. The standard InChI is InChI=1S/C17H22N4OS/c1-20-12-8-19-17(20)23-13-9-18-16(22)14-6-2-3-7-15(14)21-10-4-5-11-21/h2-3,6-8,12H,4-5,9-11,13H2,1H3,(H,18,22). The topological polar surface area (TPSA) is 50.2 Å². The number of nitrogens with one attached hydrogen (secondary N) is 1. The van der Waals surface area contributed by atoms with Crippen molar-refractivity contribution in [1.82, 2.24) is 14.9 Å². The number of benzene rings is 1. The minimum atomic E-state index is 0.00735. The number of nitrogens with zero attached hydrogens (tertiary/aromatic N) is 3. The van der Waals surface area contributed by atoms with Gasteiger partial charge in [0.25, 0.3) is 5.91 Å². The van der Waals surface area contributed by atoms with Crippen LogP contribution in [0.4, 0.5) is 5.69 Å². The summed E-state index contributed by atoms with van der Waals surface area (Å²) >= 11 is 1.65. The first-order chi connectivity index (χ1) is 11.3. The second kappa shape index (κ2) is 7.55. The number of para-hydroxylation sites is 1. The Hall–Kier alpha value is -1.95. The summed E-state index contributed by atoms with van der Waals surface area (Å²) in [5, 5.41) is 3.99. The molecule has 0 unspecified atom stereocenters. The highest BCUT2D eigenvalue weighted by atomic mass is 32.2. The van der Waals surface area contributed by atoms with E-state index in [9.17, 15) is 4.79 Å². The summed E-state index contributed by atoms with van der Waals surface area (Å²) in [6, 6.07) is 7.89. The second-order valence-corrected chi connectivity index (χ2v) is 6.70. The van der Waals surface area contributed by atoms with E-state index in [4.69, 9.17) is 0 Å². The molecular weight excluding hydrogens is 308 g/mol. The molecule has 0 bridgehead atoms. The van der Waals surface area contributed by atoms with Gasteiger partial charge in [-0.2, -0.15) is 0 Å². The Morgan fingerprint density at radius 3 is 2.83 bits per heavy atom. The van der Waals surface area contributed by atoms with E-state index in [0.717, 1.165) is 35.2 Å². The molecular formula is C17H22N4OS. The Morgan fingerprint density at radius 2 is 2.09 bits per heavy atom. The number of carbonyl (C=O) groups is 1. The van der Waals surface area contributed by atoms with Crippen LogP contribution in [0.2, 0.25) is 0 Å². The van der Waals surface area contributed by atoms with Gasteiger partial charge < -0.3 is 14.8 Å². The fourth-order valence-corrected chi connectivity index (χ4v) is 3.58. The van der Waals surface area contributed by atoms with E-state index in [1.807, 2.05) is 42.1 Å². The molecule has 1 aromatic carbocycles. The second-order valence-electron chi connectivity index (χ2n) is 5.64. The summed E-state index contributed by atoms with van der Waals surface area (Å²) in [4.78, 5) is 19.0. The lowest BCUT2D eigenvalue weighted by Crippen LogP contribution is -2.29. The van der Waals surface area contributed by atoms with Crippen LogP contribution in [0, 0.1) is 0 Å². The number of anilines is 1. The molecule has 0 spiro atoms. The largest absolute Gasteiger partial charge is 0.371 e. The molecule has 0 aliphatic carbocycles. The van der Waals surface area contributed by atoms with Crippen molar-refractivity contribution in [2.24, 2.45) is 7.05 Å². The van der Waals surface area contributed by atoms with Crippen LogP contribution >= 0.6 is 11.8 Å². The smallest absolute Gasteiger partial charge is 0.253 e. The third kappa shape index (κ3) is 3.88.